The Hall–Kier alpha value is -0.780. The topological polar surface area (TPSA) is 0 Å². The van der Waals surface area contributed by atoms with Crippen molar-refractivity contribution in [1.29, 1.82) is 0 Å². The summed E-state index contributed by atoms with van der Waals surface area (Å²) in [7, 11) is 0. The largest absolute Gasteiger partial charge is 0.0617 e. The summed E-state index contributed by atoms with van der Waals surface area (Å²) in [4.78, 5) is 0. The van der Waals surface area contributed by atoms with Crippen LogP contribution in [0.25, 0.3) is 0 Å². The monoisotopic (exact) mass is 230 g/mol. The van der Waals surface area contributed by atoms with Gasteiger partial charge >= 0.3 is 0 Å². The molecule has 17 heavy (non-hydrogen) atoms. The summed E-state index contributed by atoms with van der Waals surface area (Å²) >= 11 is 0. The second-order valence-corrected chi connectivity index (χ2v) is 5.74. The van der Waals surface area contributed by atoms with Gasteiger partial charge in [0.25, 0.3) is 0 Å². The fourth-order valence-electron chi connectivity index (χ4n) is 3.11. The smallest absolute Gasteiger partial charge is 0.0279 e. The predicted octanol–water partition coefficient (Wildman–Crippen LogP) is 5.29. The quantitative estimate of drug-likeness (QED) is 0.583. The number of rotatable bonds is 6. The number of unbranched alkanes of at least 4 members (excludes halogenated alkanes) is 2. The van der Waals surface area contributed by atoms with Crippen molar-refractivity contribution in [3.8, 4) is 0 Å². The van der Waals surface area contributed by atoms with Gasteiger partial charge in [-0.1, -0.05) is 74.8 Å². The third-order valence-corrected chi connectivity index (χ3v) is 4.14. The van der Waals surface area contributed by atoms with Crippen LogP contribution in [0.15, 0.2) is 24.3 Å². The van der Waals surface area contributed by atoms with Gasteiger partial charge in [0.05, 0.1) is 0 Å². The van der Waals surface area contributed by atoms with Gasteiger partial charge in [0.2, 0.25) is 0 Å². The number of aryl methyl sites for hydroxylation is 2. The zero-order chi connectivity index (χ0) is 11.9. The van der Waals surface area contributed by atoms with E-state index in [0.29, 0.717) is 0 Å². The Morgan fingerprint density at radius 3 is 2.65 bits per heavy atom. The maximum atomic E-state index is 2.33. The molecule has 0 amide bonds. The van der Waals surface area contributed by atoms with Crippen LogP contribution in [0.4, 0.5) is 0 Å². The third-order valence-electron chi connectivity index (χ3n) is 4.14. The van der Waals surface area contributed by atoms with Crippen LogP contribution in [0.1, 0.15) is 62.5 Å². The first-order valence-electron chi connectivity index (χ1n) is 7.40. The van der Waals surface area contributed by atoms with Gasteiger partial charge in [-0.15, -0.1) is 0 Å². The fraction of sp³-hybridized carbons (Fsp3) is 0.647. The molecule has 0 spiro atoms. The molecule has 1 saturated carbocycles. The second-order valence-electron chi connectivity index (χ2n) is 5.74. The Labute approximate surface area is 106 Å². The molecule has 0 N–H and O–H groups in total. The molecule has 0 atom stereocenters. The van der Waals surface area contributed by atoms with E-state index in [-0.39, 0.29) is 0 Å². The number of hydrogen-bond donors (Lipinski definition) is 0. The summed E-state index contributed by atoms with van der Waals surface area (Å²) in [5.74, 6) is 1.08. The molecule has 0 heteroatoms. The molecule has 1 aromatic rings. The highest BCUT2D eigenvalue weighted by molar-refractivity contribution is 5.22. The van der Waals surface area contributed by atoms with E-state index in [4.69, 9.17) is 0 Å². The number of hydrogen-bond acceptors (Lipinski definition) is 0. The summed E-state index contributed by atoms with van der Waals surface area (Å²) in [5, 5.41) is 0. The summed E-state index contributed by atoms with van der Waals surface area (Å²) in [5.41, 5.74) is 2.92. The molecule has 0 nitrogen and oxygen atoms in total. The second kappa shape index (κ2) is 6.83. The van der Waals surface area contributed by atoms with Gasteiger partial charge in [-0.3, -0.25) is 0 Å². The minimum atomic E-state index is 1.08. The predicted molar refractivity (Wildman–Crippen MR) is 75.3 cm³/mol. The van der Waals surface area contributed by atoms with Crippen LogP contribution in [0.3, 0.4) is 0 Å². The van der Waals surface area contributed by atoms with Crippen molar-refractivity contribution < 1.29 is 0 Å². The summed E-state index contributed by atoms with van der Waals surface area (Å²) in [6, 6.07) is 8.97. The summed E-state index contributed by atoms with van der Waals surface area (Å²) < 4.78 is 0. The van der Waals surface area contributed by atoms with Crippen molar-refractivity contribution in [2.45, 2.75) is 64.7 Å². The van der Waals surface area contributed by atoms with Gasteiger partial charge in [0, 0.05) is 0 Å². The minimum absolute atomic E-state index is 1.08. The van der Waals surface area contributed by atoms with Crippen LogP contribution in [0, 0.1) is 12.8 Å². The third kappa shape index (κ3) is 4.53. The van der Waals surface area contributed by atoms with Gasteiger partial charge in [-0.05, 0) is 31.2 Å². The van der Waals surface area contributed by atoms with Gasteiger partial charge in [-0.25, -0.2) is 0 Å². The average molecular weight is 230 g/mol. The normalized spacial score (nSPS) is 16.5. The molecule has 1 aliphatic rings. The first kappa shape index (κ1) is 12.7. The van der Waals surface area contributed by atoms with E-state index in [0.717, 1.165) is 5.92 Å². The average Bonchev–Trinajstić information content (AvgIpc) is 2.82. The molecule has 0 radical (unpaired) electrons. The Kier molecular flexibility index (Phi) is 5.09. The Bertz CT molecular complexity index is 321. The molecule has 0 heterocycles. The van der Waals surface area contributed by atoms with E-state index in [2.05, 4.69) is 31.2 Å². The standard InChI is InChI=1S/C17H26/c1-15-8-7-13-17(14-15)12-4-2-3-9-16-10-5-6-11-16/h7-8,13-14,16H,2-6,9-12H2,1H3. The fourth-order valence-corrected chi connectivity index (χ4v) is 3.11. The molecule has 1 fully saturated rings. The molecule has 0 aliphatic heterocycles. The van der Waals surface area contributed by atoms with Gasteiger partial charge < -0.3 is 0 Å². The first-order chi connectivity index (χ1) is 8.34. The Balaban J connectivity index is 1.56. The van der Waals surface area contributed by atoms with Crippen LogP contribution in [-0.4, -0.2) is 0 Å². The minimum Gasteiger partial charge on any atom is -0.0617 e. The van der Waals surface area contributed by atoms with E-state index in [1.807, 2.05) is 0 Å². The Morgan fingerprint density at radius 1 is 1.06 bits per heavy atom. The molecule has 0 unspecified atom stereocenters. The molecule has 94 valence electrons. The molecular weight excluding hydrogens is 204 g/mol. The molecule has 0 aromatic heterocycles. The lowest BCUT2D eigenvalue weighted by Gasteiger charge is -2.08. The van der Waals surface area contributed by atoms with E-state index in [9.17, 15) is 0 Å². The maximum absolute atomic E-state index is 2.33. The van der Waals surface area contributed by atoms with Crippen LogP contribution < -0.4 is 0 Å². The number of benzene rings is 1. The highest BCUT2D eigenvalue weighted by atomic mass is 14.2. The van der Waals surface area contributed by atoms with Gasteiger partial charge in [-0.2, -0.15) is 0 Å². The zero-order valence-electron chi connectivity index (χ0n) is 11.3. The first-order valence-corrected chi connectivity index (χ1v) is 7.40. The van der Waals surface area contributed by atoms with Crippen molar-refractivity contribution >= 4 is 0 Å². The summed E-state index contributed by atoms with van der Waals surface area (Å²) in [6.07, 6.45) is 13.0. The van der Waals surface area contributed by atoms with E-state index in [1.165, 1.54) is 68.9 Å². The molecule has 0 bridgehead atoms. The van der Waals surface area contributed by atoms with Crippen LogP contribution >= 0.6 is 0 Å². The highest BCUT2D eigenvalue weighted by Gasteiger charge is 2.13. The zero-order valence-corrected chi connectivity index (χ0v) is 11.3. The SMILES string of the molecule is Cc1cccc(CCCCCC2CCCC2)c1. The van der Waals surface area contributed by atoms with Crippen molar-refractivity contribution in [1.82, 2.24) is 0 Å². The lowest BCUT2D eigenvalue weighted by molar-refractivity contribution is 0.468. The molecule has 2 rings (SSSR count). The highest BCUT2D eigenvalue weighted by Crippen LogP contribution is 2.29. The molecule has 1 aromatic carbocycles. The van der Waals surface area contributed by atoms with Crippen LogP contribution in [0.2, 0.25) is 0 Å². The van der Waals surface area contributed by atoms with Crippen LogP contribution in [0.5, 0.6) is 0 Å². The lowest BCUT2D eigenvalue weighted by atomic mass is 9.98. The van der Waals surface area contributed by atoms with Gasteiger partial charge in [0.15, 0.2) is 0 Å². The van der Waals surface area contributed by atoms with E-state index in [1.54, 1.807) is 0 Å². The molecule has 0 saturated heterocycles. The lowest BCUT2D eigenvalue weighted by Crippen LogP contribution is -1.93. The van der Waals surface area contributed by atoms with Crippen molar-refractivity contribution in [3.63, 3.8) is 0 Å². The van der Waals surface area contributed by atoms with Crippen molar-refractivity contribution in [2.24, 2.45) is 5.92 Å². The molecular formula is C17H26. The van der Waals surface area contributed by atoms with Crippen molar-refractivity contribution in [2.75, 3.05) is 0 Å². The van der Waals surface area contributed by atoms with Gasteiger partial charge in [0.1, 0.15) is 0 Å². The molecule has 1 aliphatic carbocycles. The van der Waals surface area contributed by atoms with Crippen molar-refractivity contribution in [3.05, 3.63) is 35.4 Å². The van der Waals surface area contributed by atoms with Crippen LogP contribution in [-0.2, 0) is 6.42 Å². The van der Waals surface area contributed by atoms with E-state index < -0.39 is 0 Å². The Morgan fingerprint density at radius 2 is 1.88 bits per heavy atom. The maximum Gasteiger partial charge on any atom is -0.0279 e. The van der Waals surface area contributed by atoms with E-state index >= 15 is 0 Å². The summed E-state index contributed by atoms with van der Waals surface area (Å²) in [6.45, 7) is 2.18.